The van der Waals surface area contributed by atoms with Crippen LogP contribution in [0.15, 0.2) is 29.4 Å². The summed E-state index contributed by atoms with van der Waals surface area (Å²) >= 11 is 12.0. The van der Waals surface area contributed by atoms with Gasteiger partial charge in [0.2, 0.25) is 0 Å². The number of nitriles is 1. The van der Waals surface area contributed by atoms with E-state index in [1.54, 1.807) is 0 Å². The standard InChI is InChI=1S/C13H9Cl2N5O2S/c1-20-13(15)10(6-18-20)23(21,22)19-9-3-2-8(14)11-7(4-16)5-17-12(9)11/h2-3,5-6,17,19H,1H3. The lowest BCUT2D eigenvalue weighted by molar-refractivity contribution is 0.601. The van der Waals surface area contributed by atoms with E-state index in [4.69, 9.17) is 28.5 Å². The van der Waals surface area contributed by atoms with Crippen molar-refractivity contribution in [3.05, 3.63) is 40.3 Å². The predicted octanol–water partition coefficient (Wildman–Crippen LogP) is 2.88. The van der Waals surface area contributed by atoms with Crippen molar-refractivity contribution >= 4 is 49.8 Å². The van der Waals surface area contributed by atoms with E-state index in [0.29, 0.717) is 21.5 Å². The van der Waals surface area contributed by atoms with Crippen LogP contribution in [0.25, 0.3) is 10.9 Å². The number of sulfonamides is 1. The summed E-state index contributed by atoms with van der Waals surface area (Å²) in [5.74, 6) is 0. The first-order chi connectivity index (χ1) is 10.8. The maximum Gasteiger partial charge on any atom is 0.266 e. The highest BCUT2D eigenvalue weighted by molar-refractivity contribution is 7.92. The fourth-order valence-corrected chi connectivity index (χ4v) is 3.93. The number of hydrogen-bond acceptors (Lipinski definition) is 4. The van der Waals surface area contributed by atoms with Crippen LogP contribution in [0.3, 0.4) is 0 Å². The van der Waals surface area contributed by atoms with E-state index in [-0.39, 0.29) is 15.7 Å². The van der Waals surface area contributed by atoms with Gasteiger partial charge in [-0.25, -0.2) is 8.42 Å². The minimum absolute atomic E-state index is 0.00749. The molecule has 7 nitrogen and oxygen atoms in total. The fourth-order valence-electron chi connectivity index (χ4n) is 2.16. The molecule has 2 heterocycles. The highest BCUT2D eigenvalue weighted by atomic mass is 35.5. The van der Waals surface area contributed by atoms with Crippen LogP contribution in [-0.2, 0) is 17.1 Å². The Hall–Kier alpha value is -2.21. The Balaban J connectivity index is 2.12. The topological polar surface area (TPSA) is 104 Å². The third kappa shape index (κ3) is 2.53. The van der Waals surface area contributed by atoms with Crippen molar-refractivity contribution in [2.45, 2.75) is 4.90 Å². The monoisotopic (exact) mass is 369 g/mol. The number of nitrogens with one attached hydrogen (secondary N) is 2. The minimum atomic E-state index is -3.94. The predicted molar refractivity (Wildman–Crippen MR) is 87.1 cm³/mol. The number of aromatic nitrogens is 3. The molecule has 0 saturated carbocycles. The lowest BCUT2D eigenvalue weighted by Gasteiger charge is -2.09. The molecule has 118 valence electrons. The summed E-state index contributed by atoms with van der Waals surface area (Å²) in [4.78, 5) is 2.71. The Morgan fingerprint density at radius 2 is 2.13 bits per heavy atom. The summed E-state index contributed by atoms with van der Waals surface area (Å²) in [5, 5.41) is 13.7. The zero-order valence-electron chi connectivity index (χ0n) is 11.6. The first kappa shape index (κ1) is 15.7. The molecule has 0 fully saturated rings. The van der Waals surface area contributed by atoms with Crippen LogP contribution < -0.4 is 4.72 Å². The second kappa shape index (κ2) is 5.45. The molecule has 0 saturated heterocycles. The highest BCUT2D eigenvalue weighted by Crippen LogP contribution is 2.33. The van der Waals surface area contributed by atoms with Gasteiger partial charge in [-0.15, -0.1) is 0 Å². The van der Waals surface area contributed by atoms with Gasteiger partial charge in [0.15, 0.2) is 0 Å². The van der Waals surface area contributed by atoms with Crippen LogP contribution in [-0.4, -0.2) is 23.2 Å². The minimum Gasteiger partial charge on any atom is -0.358 e. The molecule has 0 spiro atoms. The van der Waals surface area contributed by atoms with E-state index >= 15 is 0 Å². The summed E-state index contributed by atoms with van der Waals surface area (Å²) in [7, 11) is -2.40. The second-order valence-electron chi connectivity index (χ2n) is 4.69. The summed E-state index contributed by atoms with van der Waals surface area (Å²) in [6, 6.07) is 5.02. The van der Waals surface area contributed by atoms with E-state index in [9.17, 15) is 8.42 Å². The number of hydrogen-bond donors (Lipinski definition) is 2. The smallest absolute Gasteiger partial charge is 0.266 e. The number of aryl methyl sites for hydroxylation is 1. The Morgan fingerprint density at radius 1 is 1.39 bits per heavy atom. The van der Waals surface area contributed by atoms with Gasteiger partial charge in [-0.05, 0) is 12.1 Å². The number of H-pyrrole nitrogens is 1. The van der Waals surface area contributed by atoms with Crippen LogP contribution in [0.1, 0.15) is 5.56 Å². The SMILES string of the molecule is Cn1ncc(S(=O)(=O)Nc2ccc(Cl)c3c(C#N)c[nH]c23)c1Cl. The van der Waals surface area contributed by atoms with Crippen LogP contribution in [0.2, 0.25) is 10.2 Å². The van der Waals surface area contributed by atoms with Gasteiger partial charge in [-0.3, -0.25) is 9.40 Å². The van der Waals surface area contributed by atoms with Gasteiger partial charge < -0.3 is 4.98 Å². The van der Waals surface area contributed by atoms with Crippen LogP contribution in [0.4, 0.5) is 5.69 Å². The molecule has 3 aromatic rings. The molecule has 23 heavy (non-hydrogen) atoms. The second-order valence-corrected chi connectivity index (χ2v) is 7.10. The number of nitrogens with zero attached hydrogens (tertiary/aromatic N) is 3. The molecule has 2 N–H and O–H groups in total. The maximum absolute atomic E-state index is 12.5. The molecule has 0 bridgehead atoms. The van der Waals surface area contributed by atoms with E-state index in [1.165, 1.54) is 30.1 Å². The van der Waals surface area contributed by atoms with E-state index < -0.39 is 10.0 Å². The Morgan fingerprint density at radius 3 is 2.74 bits per heavy atom. The first-order valence-electron chi connectivity index (χ1n) is 6.25. The number of anilines is 1. The summed E-state index contributed by atoms with van der Waals surface area (Å²) in [6.07, 6.45) is 2.62. The molecular formula is C13H9Cl2N5O2S. The maximum atomic E-state index is 12.5. The zero-order valence-corrected chi connectivity index (χ0v) is 14.0. The average Bonchev–Trinajstić information content (AvgIpc) is 3.07. The van der Waals surface area contributed by atoms with Crippen LogP contribution >= 0.6 is 23.2 Å². The molecule has 0 radical (unpaired) electrons. The van der Waals surface area contributed by atoms with Gasteiger partial charge in [0, 0.05) is 18.6 Å². The van der Waals surface area contributed by atoms with E-state index in [1.807, 2.05) is 6.07 Å². The van der Waals surface area contributed by atoms with Crippen molar-refractivity contribution in [2.75, 3.05) is 4.72 Å². The number of fused-ring (bicyclic) bond motifs is 1. The van der Waals surface area contributed by atoms with Crippen molar-refractivity contribution in [1.29, 1.82) is 5.26 Å². The Labute approximate surface area is 141 Å². The number of benzene rings is 1. The highest BCUT2D eigenvalue weighted by Gasteiger charge is 2.23. The van der Waals surface area contributed by atoms with Gasteiger partial charge in [0.1, 0.15) is 16.1 Å². The molecular weight excluding hydrogens is 361 g/mol. The molecule has 0 unspecified atom stereocenters. The third-order valence-corrected chi connectivity index (χ3v) is 5.52. The molecule has 1 aromatic carbocycles. The zero-order chi connectivity index (χ0) is 16.8. The lowest BCUT2D eigenvalue weighted by atomic mass is 10.1. The Kier molecular flexibility index (Phi) is 3.72. The molecule has 10 heteroatoms. The molecule has 2 aromatic heterocycles. The molecule has 0 aliphatic heterocycles. The van der Waals surface area contributed by atoms with Gasteiger partial charge >= 0.3 is 0 Å². The quantitative estimate of drug-likeness (QED) is 0.740. The average molecular weight is 370 g/mol. The summed E-state index contributed by atoms with van der Waals surface area (Å²) in [5.41, 5.74) is 0.994. The van der Waals surface area contributed by atoms with Crippen molar-refractivity contribution < 1.29 is 8.42 Å². The van der Waals surface area contributed by atoms with Crippen LogP contribution in [0.5, 0.6) is 0 Å². The van der Waals surface area contributed by atoms with Crippen LogP contribution in [0, 0.1) is 11.3 Å². The largest absolute Gasteiger partial charge is 0.358 e. The number of halogens is 2. The van der Waals surface area contributed by atoms with Gasteiger partial charge in [-0.2, -0.15) is 10.4 Å². The van der Waals surface area contributed by atoms with Crippen molar-refractivity contribution in [1.82, 2.24) is 14.8 Å². The van der Waals surface area contributed by atoms with Crippen molar-refractivity contribution in [3.63, 3.8) is 0 Å². The van der Waals surface area contributed by atoms with E-state index in [0.717, 1.165) is 6.20 Å². The fraction of sp³-hybridized carbons (Fsp3) is 0.0769. The van der Waals surface area contributed by atoms with Gasteiger partial charge in [0.05, 0.1) is 28.0 Å². The first-order valence-corrected chi connectivity index (χ1v) is 8.49. The molecule has 3 rings (SSSR count). The number of aromatic amines is 1. The number of rotatable bonds is 3. The van der Waals surface area contributed by atoms with Crippen molar-refractivity contribution in [2.24, 2.45) is 7.05 Å². The molecule has 0 aliphatic carbocycles. The summed E-state index contributed by atoms with van der Waals surface area (Å²) in [6.45, 7) is 0. The normalized spacial score (nSPS) is 11.6. The summed E-state index contributed by atoms with van der Waals surface area (Å²) < 4.78 is 28.6. The third-order valence-electron chi connectivity index (χ3n) is 3.27. The van der Waals surface area contributed by atoms with Gasteiger partial charge in [-0.1, -0.05) is 23.2 Å². The molecule has 0 amide bonds. The van der Waals surface area contributed by atoms with Crippen molar-refractivity contribution in [3.8, 4) is 6.07 Å². The van der Waals surface area contributed by atoms with E-state index in [2.05, 4.69) is 14.8 Å². The van der Waals surface area contributed by atoms with Gasteiger partial charge in [0.25, 0.3) is 10.0 Å². The molecule has 0 aliphatic rings. The lowest BCUT2D eigenvalue weighted by Crippen LogP contribution is -2.13. The Bertz CT molecular complexity index is 1060. The molecule has 0 atom stereocenters.